The summed E-state index contributed by atoms with van der Waals surface area (Å²) >= 11 is 0. The molecule has 3 nitrogen and oxygen atoms in total. The van der Waals surface area contributed by atoms with Gasteiger partial charge in [-0.2, -0.15) is 0 Å². The van der Waals surface area contributed by atoms with Crippen LogP contribution >= 0.6 is 0 Å². The molecule has 0 saturated heterocycles. The van der Waals surface area contributed by atoms with Crippen molar-refractivity contribution < 1.29 is 4.42 Å². The zero-order valence-corrected chi connectivity index (χ0v) is 14.3. The van der Waals surface area contributed by atoms with Crippen molar-refractivity contribution in [1.82, 2.24) is 9.97 Å². The predicted octanol–water partition coefficient (Wildman–Crippen LogP) is 6.02. The zero-order chi connectivity index (χ0) is 17.5. The number of rotatable bonds is 2. The van der Waals surface area contributed by atoms with E-state index in [1.54, 1.807) is 0 Å². The molecule has 0 aliphatic rings. The van der Waals surface area contributed by atoms with Crippen molar-refractivity contribution in [3.63, 3.8) is 0 Å². The lowest BCUT2D eigenvalue weighted by Gasteiger charge is -2.02. The van der Waals surface area contributed by atoms with E-state index in [0.717, 1.165) is 38.9 Å². The monoisotopic (exact) mass is 336 g/mol. The van der Waals surface area contributed by atoms with Crippen LogP contribution in [-0.2, 0) is 0 Å². The van der Waals surface area contributed by atoms with Crippen LogP contribution in [0.5, 0.6) is 0 Å². The van der Waals surface area contributed by atoms with E-state index in [-0.39, 0.29) is 0 Å². The Hall–Kier alpha value is -3.46. The molecule has 26 heavy (non-hydrogen) atoms. The second kappa shape index (κ2) is 5.81. The summed E-state index contributed by atoms with van der Waals surface area (Å²) in [5.41, 5.74) is 6.74. The predicted molar refractivity (Wildman–Crippen MR) is 105 cm³/mol. The van der Waals surface area contributed by atoms with Crippen molar-refractivity contribution in [1.29, 1.82) is 0 Å². The van der Waals surface area contributed by atoms with Gasteiger partial charge in [-0.15, -0.1) is 0 Å². The number of nitrogens with zero attached hydrogens (tertiary/aromatic N) is 2. The average Bonchev–Trinajstić information content (AvgIpc) is 3.05. The summed E-state index contributed by atoms with van der Waals surface area (Å²) in [4.78, 5) is 9.21. The molecular formula is C23H16N2O. The Morgan fingerprint density at radius 3 is 2.46 bits per heavy atom. The number of furan rings is 1. The maximum atomic E-state index is 6.00. The van der Waals surface area contributed by atoms with Crippen molar-refractivity contribution in [3.05, 3.63) is 84.6 Å². The van der Waals surface area contributed by atoms with Gasteiger partial charge in [-0.3, -0.25) is 4.98 Å². The molecule has 0 amide bonds. The van der Waals surface area contributed by atoms with Gasteiger partial charge in [0, 0.05) is 28.1 Å². The molecule has 0 aliphatic carbocycles. The highest BCUT2D eigenvalue weighted by atomic mass is 16.3. The number of hydrogen-bond acceptors (Lipinski definition) is 3. The van der Waals surface area contributed by atoms with Crippen molar-refractivity contribution in [2.45, 2.75) is 6.92 Å². The van der Waals surface area contributed by atoms with Gasteiger partial charge >= 0.3 is 0 Å². The minimum Gasteiger partial charge on any atom is -0.438 e. The van der Waals surface area contributed by atoms with E-state index in [9.17, 15) is 0 Å². The average molecular weight is 336 g/mol. The fraction of sp³-hybridized carbons (Fsp3) is 0.0435. The topological polar surface area (TPSA) is 38.9 Å². The van der Waals surface area contributed by atoms with Crippen LogP contribution in [0.1, 0.15) is 5.56 Å². The van der Waals surface area contributed by atoms with Crippen LogP contribution in [0.4, 0.5) is 0 Å². The molecule has 0 spiro atoms. The van der Waals surface area contributed by atoms with Gasteiger partial charge in [0.05, 0.1) is 11.4 Å². The molecule has 0 N–H and O–H groups in total. The lowest BCUT2D eigenvalue weighted by molar-refractivity contribution is 0.654. The maximum absolute atomic E-state index is 6.00. The summed E-state index contributed by atoms with van der Waals surface area (Å²) in [5.74, 6) is 0. The van der Waals surface area contributed by atoms with Crippen molar-refractivity contribution >= 4 is 22.1 Å². The second-order valence-electron chi connectivity index (χ2n) is 6.45. The highest BCUT2D eigenvalue weighted by Gasteiger charge is 2.11. The first-order chi connectivity index (χ1) is 12.8. The molecule has 0 radical (unpaired) electrons. The van der Waals surface area contributed by atoms with Gasteiger partial charge in [0.2, 0.25) is 5.71 Å². The van der Waals surface area contributed by atoms with Gasteiger partial charge < -0.3 is 4.42 Å². The summed E-state index contributed by atoms with van der Waals surface area (Å²) < 4.78 is 6.00. The number of hydrogen-bond donors (Lipinski definition) is 0. The zero-order valence-electron chi connectivity index (χ0n) is 14.3. The van der Waals surface area contributed by atoms with E-state index in [0.29, 0.717) is 5.71 Å². The molecule has 3 heteroatoms. The van der Waals surface area contributed by atoms with Crippen molar-refractivity contribution in [2.24, 2.45) is 0 Å². The Bertz CT molecular complexity index is 1240. The van der Waals surface area contributed by atoms with Crippen LogP contribution in [0.25, 0.3) is 44.6 Å². The lowest BCUT2D eigenvalue weighted by atomic mass is 10.1. The molecule has 0 bridgehead atoms. The van der Waals surface area contributed by atoms with E-state index >= 15 is 0 Å². The molecular weight excluding hydrogens is 320 g/mol. The third-order valence-corrected chi connectivity index (χ3v) is 4.62. The SMILES string of the molecule is Cc1ccnc(-c2ccc3oc4nc(-c5ccccc5)ccc4c3c2)c1. The van der Waals surface area contributed by atoms with E-state index in [1.807, 2.05) is 48.7 Å². The van der Waals surface area contributed by atoms with Crippen LogP contribution < -0.4 is 0 Å². The number of benzene rings is 2. The number of aryl methyl sites for hydroxylation is 1. The summed E-state index contributed by atoms with van der Waals surface area (Å²) in [5, 5.41) is 2.09. The number of pyridine rings is 2. The van der Waals surface area contributed by atoms with Crippen LogP contribution in [0.15, 0.2) is 83.4 Å². The van der Waals surface area contributed by atoms with Crippen LogP contribution in [0, 0.1) is 6.92 Å². The Labute approximate surface area is 151 Å². The summed E-state index contributed by atoms with van der Waals surface area (Å²) in [7, 11) is 0. The molecule has 5 rings (SSSR count). The van der Waals surface area contributed by atoms with Crippen LogP contribution in [-0.4, -0.2) is 9.97 Å². The van der Waals surface area contributed by atoms with Gasteiger partial charge in [0.25, 0.3) is 0 Å². The van der Waals surface area contributed by atoms with Gasteiger partial charge in [0.1, 0.15) is 5.58 Å². The highest BCUT2D eigenvalue weighted by Crippen LogP contribution is 2.32. The maximum Gasteiger partial charge on any atom is 0.227 e. The summed E-state index contributed by atoms with van der Waals surface area (Å²) in [6.45, 7) is 2.08. The first-order valence-electron chi connectivity index (χ1n) is 8.60. The molecule has 0 saturated carbocycles. The van der Waals surface area contributed by atoms with Crippen molar-refractivity contribution in [3.8, 4) is 22.5 Å². The fourth-order valence-electron chi connectivity index (χ4n) is 3.28. The third-order valence-electron chi connectivity index (χ3n) is 4.62. The minimum atomic E-state index is 0.663. The Balaban J connectivity index is 1.68. The number of fused-ring (bicyclic) bond motifs is 3. The van der Waals surface area contributed by atoms with E-state index in [4.69, 9.17) is 9.40 Å². The molecule has 2 aromatic carbocycles. The van der Waals surface area contributed by atoms with Gasteiger partial charge in [-0.1, -0.05) is 30.3 Å². The van der Waals surface area contributed by atoms with Gasteiger partial charge in [-0.25, -0.2) is 4.98 Å². The minimum absolute atomic E-state index is 0.663. The first-order valence-corrected chi connectivity index (χ1v) is 8.60. The van der Waals surface area contributed by atoms with Crippen LogP contribution in [0.2, 0.25) is 0 Å². The van der Waals surface area contributed by atoms with E-state index < -0.39 is 0 Å². The molecule has 0 unspecified atom stereocenters. The molecule has 0 aliphatic heterocycles. The highest BCUT2D eigenvalue weighted by molar-refractivity contribution is 6.05. The van der Waals surface area contributed by atoms with E-state index in [1.165, 1.54) is 5.56 Å². The third kappa shape index (κ3) is 2.45. The van der Waals surface area contributed by atoms with Gasteiger partial charge in [-0.05, 0) is 55.0 Å². The number of aromatic nitrogens is 2. The normalized spacial score (nSPS) is 11.3. The molecule has 0 fully saturated rings. The molecule has 3 aromatic heterocycles. The first kappa shape index (κ1) is 14.8. The standard InChI is InChI=1S/C23H16N2O/c1-15-11-12-24-21(13-15)17-7-10-22-19(14-17)18-8-9-20(25-23(18)26-22)16-5-3-2-4-6-16/h2-14H,1H3. The molecule has 5 aromatic rings. The summed E-state index contributed by atoms with van der Waals surface area (Å²) in [6, 6.07) is 24.5. The largest absolute Gasteiger partial charge is 0.438 e. The Kier molecular flexibility index (Phi) is 3.32. The molecule has 124 valence electrons. The van der Waals surface area contributed by atoms with Crippen LogP contribution in [0.3, 0.4) is 0 Å². The second-order valence-corrected chi connectivity index (χ2v) is 6.45. The van der Waals surface area contributed by atoms with E-state index in [2.05, 4.69) is 42.2 Å². The Morgan fingerprint density at radius 1 is 0.731 bits per heavy atom. The summed E-state index contributed by atoms with van der Waals surface area (Å²) in [6.07, 6.45) is 1.84. The molecule has 3 heterocycles. The molecule has 0 atom stereocenters. The van der Waals surface area contributed by atoms with Crippen molar-refractivity contribution in [2.75, 3.05) is 0 Å². The smallest absolute Gasteiger partial charge is 0.227 e. The fourth-order valence-corrected chi connectivity index (χ4v) is 3.28. The Morgan fingerprint density at radius 2 is 1.62 bits per heavy atom. The quantitative estimate of drug-likeness (QED) is 0.396. The van der Waals surface area contributed by atoms with Gasteiger partial charge in [0.15, 0.2) is 0 Å². The lowest BCUT2D eigenvalue weighted by Crippen LogP contribution is -1.84.